The summed E-state index contributed by atoms with van der Waals surface area (Å²) >= 11 is 1.79. The van der Waals surface area contributed by atoms with E-state index in [4.69, 9.17) is 9.72 Å². The Labute approximate surface area is 163 Å². The van der Waals surface area contributed by atoms with Gasteiger partial charge in [0.15, 0.2) is 6.10 Å². The van der Waals surface area contributed by atoms with Crippen LogP contribution in [0.15, 0.2) is 17.5 Å². The zero-order valence-electron chi connectivity index (χ0n) is 15.6. The maximum absolute atomic E-state index is 13.1. The molecule has 1 atom stereocenters. The number of aryl methyl sites for hydroxylation is 1. The average Bonchev–Trinajstić information content (AvgIpc) is 3.44. The zero-order valence-corrected chi connectivity index (χ0v) is 16.4. The lowest BCUT2D eigenvalue weighted by atomic mass is 10.1. The molecule has 2 aromatic heterocycles. The highest BCUT2D eigenvalue weighted by atomic mass is 32.1. The van der Waals surface area contributed by atoms with Crippen molar-refractivity contribution in [3.8, 4) is 0 Å². The van der Waals surface area contributed by atoms with E-state index in [0.29, 0.717) is 25.6 Å². The molecular weight excluding hydrogens is 360 g/mol. The van der Waals surface area contributed by atoms with Crippen LogP contribution in [0.2, 0.25) is 0 Å². The van der Waals surface area contributed by atoms with Gasteiger partial charge in [-0.2, -0.15) is 0 Å². The van der Waals surface area contributed by atoms with Gasteiger partial charge >= 0.3 is 0 Å². The van der Waals surface area contributed by atoms with Gasteiger partial charge in [0, 0.05) is 42.2 Å². The number of hydrogen-bond donors (Lipinski definition) is 0. The molecule has 0 radical (unpaired) electrons. The second-order valence-corrected chi connectivity index (χ2v) is 8.68. The van der Waals surface area contributed by atoms with E-state index >= 15 is 0 Å². The van der Waals surface area contributed by atoms with E-state index in [1.54, 1.807) is 11.3 Å². The molecule has 4 heterocycles. The summed E-state index contributed by atoms with van der Waals surface area (Å²) in [5.74, 6) is 2.52. The van der Waals surface area contributed by atoms with Crippen LogP contribution in [0.5, 0.6) is 0 Å². The predicted octanol–water partition coefficient (Wildman–Crippen LogP) is 2.51. The normalized spacial score (nSPS) is 22.6. The van der Waals surface area contributed by atoms with Crippen molar-refractivity contribution in [3.63, 3.8) is 0 Å². The zero-order chi connectivity index (χ0) is 18.4. The first-order chi connectivity index (χ1) is 13.2. The fourth-order valence-electron chi connectivity index (χ4n) is 3.91. The van der Waals surface area contributed by atoms with Crippen LogP contribution >= 0.6 is 11.3 Å². The molecule has 0 bridgehead atoms. The van der Waals surface area contributed by atoms with E-state index < -0.39 is 6.10 Å². The first kappa shape index (κ1) is 17.1. The van der Waals surface area contributed by atoms with E-state index in [-0.39, 0.29) is 5.91 Å². The monoisotopic (exact) mass is 384 g/mol. The summed E-state index contributed by atoms with van der Waals surface area (Å²) < 4.78 is 5.86. The SMILES string of the molecule is Cc1cc(N2CCOC(C(=O)N3CCc4sccc4C3)C2)nc(C2CC2)n1. The Morgan fingerprint density at radius 3 is 3.04 bits per heavy atom. The molecular formula is C20H24N4O2S. The molecule has 2 fully saturated rings. The van der Waals surface area contributed by atoms with Crippen LogP contribution in [-0.2, 0) is 22.5 Å². The quantitative estimate of drug-likeness (QED) is 0.814. The van der Waals surface area contributed by atoms with Crippen molar-refractivity contribution in [1.82, 2.24) is 14.9 Å². The molecule has 0 spiro atoms. The van der Waals surface area contributed by atoms with Crippen molar-refractivity contribution >= 4 is 23.1 Å². The molecule has 7 heteroatoms. The largest absolute Gasteiger partial charge is 0.365 e. The van der Waals surface area contributed by atoms with Gasteiger partial charge in [-0.1, -0.05) is 0 Å². The van der Waals surface area contributed by atoms with E-state index in [9.17, 15) is 4.79 Å². The number of nitrogens with zero attached hydrogens (tertiary/aromatic N) is 4. The van der Waals surface area contributed by atoms with Crippen LogP contribution in [0.3, 0.4) is 0 Å². The summed E-state index contributed by atoms with van der Waals surface area (Å²) in [5, 5.41) is 2.12. The Hall–Kier alpha value is -1.99. The minimum Gasteiger partial charge on any atom is -0.365 e. The molecule has 27 heavy (non-hydrogen) atoms. The summed E-state index contributed by atoms with van der Waals surface area (Å²) in [6.45, 7) is 5.38. The van der Waals surface area contributed by atoms with E-state index in [2.05, 4.69) is 21.3 Å². The Kier molecular flexibility index (Phi) is 4.36. The molecule has 1 aliphatic carbocycles. The van der Waals surface area contributed by atoms with Crippen LogP contribution in [-0.4, -0.2) is 53.1 Å². The van der Waals surface area contributed by atoms with Crippen molar-refractivity contribution < 1.29 is 9.53 Å². The first-order valence-corrected chi connectivity index (χ1v) is 10.6. The molecule has 2 aliphatic heterocycles. The summed E-state index contributed by atoms with van der Waals surface area (Å²) in [6.07, 6.45) is 2.91. The Morgan fingerprint density at radius 2 is 2.19 bits per heavy atom. The molecule has 0 N–H and O–H groups in total. The number of morpholine rings is 1. The van der Waals surface area contributed by atoms with Gasteiger partial charge in [-0.3, -0.25) is 4.79 Å². The number of aromatic nitrogens is 2. The third kappa shape index (κ3) is 3.46. The molecule has 1 saturated heterocycles. The molecule has 1 unspecified atom stereocenters. The summed E-state index contributed by atoms with van der Waals surface area (Å²) in [6, 6.07) is 4.16. The third-order valence-corrected chi connectivity index (χ3v) is 6.61. The Bertz CT molecular complexity index is 863. The lowest BCUT2D eigenvalue weighted by Gasteiger charge is -2.36. The van der Waals surface area contributed by atoms with Crippen LogP contribution in [0.1, 0.15) is 40.7 Å². The maximum atomic E-state index is 13.1. The van der Waals surface area contributed by atoms with Crippen LogP contribution in [0.4, 0.5) is 5.82 Å². The number of hydrogen-bond acceptors (Lipinski definition) is 6. The number of rotatable bonds is 3. The topological polar surface area (TPSA) is 58.6 Å². The number of carbonyl (C=O) groups excluding carboxylic acids is 1. The van der Waals surface area contributed by atoms with Crippen molar-refractivity contribution in [2.75, 3.05) is 31.1 Å². The van der Waals surface area contributed by atoms with Gasteiger partial charge in [-0.05, 0) is 43.2 Å². The van der Waals surface area contributed by atoms with Gasteiger partial charge in [-0.15, -0.1) is 11.3 Å². The second kappa shape index (κ2) is 6.87. The maximum Gasteiger partial charge on any atom is 0.253 e. The number of thiophene rings is 1. The molecule has 5 rings (SSSR count). The summed E-state index contributed by atoms with van der Waals surface area (Å²) in [7, 11) is 0. The minimum atomic E-state index is -0.418. The van der Waals surface area contributed by atoms with Crippen molar-refractivity contribution in [1.29, 1.82) is 0 Å². The molecule has 1 saturated carbocycles. The van der Waals surface area contributed by atoms with Crippen molar-refractivity contribution in [3.05, 3.63) is 39.5 Å². The van der Waals surface area contributed by atoms with Gasteiger partial charge in [0.2, 0.25) is 0 Å². The lowest BCUT2D eigenvalue weighted by molar-refractivity contribution is -0.145. The predicted molar refractivity (Wildman–Crippen MR) is 104 cm³/mol. The fraction of sp³-hybridized carbons (Fsp3) is 0.550. The van der Waals surface area contributed by atoms with Gasteiger partial charge in [-0.25, -0.2) is 9.97 Å². The highest BCUT2D eigenvalue weighted by Crippen LogP contribution is 2.38. The van der Waals surface area contributed by atoms with E-state index in [1.165, 1.54) is 23.3 Å². The first-order valence-electron chi connectivity index (χ1n) is 9.73. The summed E-state index contributed by atoms with van der Waals surface area (Å²) in [5.41, 5.74) is 2.28. The third-order valence-electron chi connectivity index (χ3n) is 5.59. The Balaban J connectivity index is 1.30. The average molecular weight is 385 g/mol. The molecule has 2 aromatic rings. The molecule has 0 aromatic carbocycles. The standard InChI is InChI=1S/C20H24N4O2S/c1-13-10-18(22-19(21-13)14-2-3-14)23-7-8-26-16(12-23)20(25)24-6-4-17-15(11-24)5-9-27-17/h5,9-10,14,16H,2-4,6-8,11-12H2,1H3. The summed E-state index contributed by atoms with van der Waals surface area (Å²) in [4.78, 5) is 28.0. The fourth-order valence-corrected chi connectivity index (χ4v) is 4.80. The minimum absolute atomic E-state index is 0.102. The van der Waals surface area contributed by atoms with Crippen LogP contribution < -0.4 is 4.90 Å². The van der Waals surface area contributed by atoms with Crippen LogP contribution in [0.25, 0.3) is 0 Å². The molecule has 6 nitrogen and oxygen atoms in total. The number of ether oxygens (including phenoxy) is 1. The highest BCUT2D eigenvalue weighted by molar-refractivity contribution is 7.10. The number of fused-ring (bicyclic) bond motifs is 1. The van der Waals surface area contributed by atoms with Gasteiger partial charge in [0.25, 0.3) is 5.91 Å². The Morgan fingerprint density at radius 1 is 1.30 bits per heavy atom. The molecule has 142 valence electrons. The van der Waals surface area contributed by atoms with Gasteiger partial charge in [0.1, 0.15) is 11.6 Å². The van der Waals surface area contributed by atoms with Gasteiger partial charge in [0.05, 0.1) is 13.2 Å². The highest BCUT2D eigenvalue weighted by Gasteiger charge is 2.33. The second-order valence-electron chi connectivity index (χ2n) is 7.68. The number of carbonyl (C=O) groups is 1. The molecule has 3 aliphatic rings. The number of anilines is 1. The van der Waals surface area contributed by atoms with Crippen LogP contribution in [0, 0.1) is 6.92 Å². The lowest BCUT2D eigenvalue weighted by Crippen LogP contribution is -2.52. The van der Waals surface area contributed by atoms with E-state index in [1.807, 2.05) is 17.9 Å². The van der Waals surface area contributed by atoms with Gasteiger partial charge < -0.3 is 14.5 Å². The smallest absolute Gasteiger partial charge is 0.253 e. The molecule has 1 amide bonds. The van der Waals surface area contributed by atoms with Crippen molar-refractivity contribution in [2.45, 2.75) is 44.8 Å². The number of amides is 1. The van der Waals surface area contributed by atoms with Crippen molar-refractivity contribution in [2.24, 2.45) is 0 Å². The van der Waals surface area contributed by atoms with E-state index in [0.717, 1.165) is 36.8 Å².